The lowest BCUT2D eigenvalue weighted by atomic mass is 9.55. The van der Waals surface area contributed by atoms with Crippen molar-refractivity contribution in [1.82, 2.24) is 0 Å². The van der Waals surface area contributed by atoms with Gasteiger partial charge in [-0.1, -0.05) is 185 Å². The molecule has 9 aromatic carbocycles. The third-order valence-electron chi connectivity index (χ3n) is 14.1. The monoisotopic (exact) mass is 823 g/mol. The second kappa shape index (κ2) is 15.6. The standard InChI is InChI=1S/C61H52BN2/c1-40-25-26-46(42-19-11-7-12-20-42)36-55(40)64-56-39-52-51(60(2,3)33-34-61(52,4)5)38-53(56)62-59-50(35-47(37-57(59)64)43-21-13-8-14-22-43)58-49-24-16-15-23-45(49)29-32-54(58)63-48-30-27-44(28-31-48)41-17-9-6-10-18-41/h6-32,35-39,63H,33-34H2,1-5H3. The lowest BCUT2D eigenvalue weighted by Gasteiger charge is -2.44. The first-order valence-electron chi connectivity index (χ1n) is 22.8. The molecule has 0 unspecified atom stereocenters. The third-order valence-corrected chi connectivity index (χ3v) is 14.1. The van der Waals surface area contributed by atoms with Crippen molar-refractivity contribution in [1.29, 1.82) is 0 Å². The van der Waals surface area contributed by atoms with Crippen molar-refractivity contribution in [3.05, 3.63) is 211 Å². The molecule has 1 aliphatic heterocycles. The van der Waals surface area contributed by atoms with E-state index in [4.69, 9.17) is 0 Å². The summed E-state index contributed by atoms with van der Waals surface area (Å²) in [7, 11) is 2.50. The first-order chi connectivity index (χ1) is 31.1. The van der Waals surface area contributed by atoms with E-state index in [2.05, 4.69) is 246 Å². The summed E-state index contributed by atoms with van der Waals surface area (Å²) in [5, 5.41) is 6.36. The van der Waals surface area contributed by atoms with Crippen LogP contribution in [-0.2, 0) is 10.8 Å². The van der Waals surface area contributed by atoms with Gasteiger partial charge in [0.05, 0.1) is 0 Å². The van der Waals surface area contributed by atoms with E-state index < -0.39 is 0 Å². The van der Waals surface area contributed by atoms with Crippen molar-refractivity contribution in [2.75, 3.05) is 10.2 Å². The predicted octanol–water partition coefficient (Wildman–Crippen LogP) is 15.3. The van der Waals surface area contributed by atoms with Gasteiger partial charge in [-0.2, -0.15) is 0 Å². The van der Waals surface area contributed by atoms with Gasteiger partial charge >= 0.3 is 0 Å². The Morgan fingerprint density at radius 2 is 1.02 bits per heavy atom. The second-order valence-corrected chi connectivity index (χ2v) is 19.2. The molecule has 1 aliphatic carbocycles. The van der Waals surface area contributed by atoms with E-state index in [1.165, 1.54) is 100.0 Å². The lowest BCUT2D eigenvalue weighted by Crippen LogP contribution is -2.44. The molecule has 2 aliphatic rings. The molecule has 64 heavy (non-hydrogen) atoms. The maximum atomic E-state index is 3.94. The normalized spacial score (nSPS) is 14.5. The molecule has 1 heterocycles. The molecule has 11 rings (SSSR count). The molecule has 0 saturated heterocycles. The van der Waals surface area contributed by atoms with Gasteiger partial charge in [0.2, 0.25) is 0 Å². The van der Waals surface area contributed by atoms with Gasteiger partial charge in [0.25, 0.3) is 0 Å². The smallest absolute Gasteiger partial charge is 0.197 e. The number of nitrogens with zero attached hydrogens (tertiary/aromatic N) is 1. The number of anilines is 5. The molecule has 0 atom stereocenters. The van der Waals surface area contributed by atoms with E-state index in [0.29, 0.717) is 0 Å². The van der Waals surface area contributed by atoms with Crippen LogP contribution >= 0.6 is 0 Å². The first kappa shape index (κ1) is 39.7. The SMILES string of the molecule is Cc1ccc(-c2ccccc2)cc1N1c2cc3c(cc2[B]c2c(-c4c(Nc5ccc(-c6ccccc6)cc5)ccc5ccccc45)cc(-c4ccccc4)cc21)C(C)(C)CCC3(C)C. The van der Waals surface area contributed by atoms with Gasteiger partial charge in [-0.3, -0.25) is 0 Å². The summed E-state index contributed by atoms with van der Waals surface area (Å²) < 4.78 is 0. The molecule has 0 spiro atoms. The number of aryl methyl sites for hydroxylation is 1. The molecular formula is C61H52BN2. The predicted molar refractivity (Wildman–Crippen MR) is 275 cm³/mol. The zero-order valence-corrected chi connectivity index (χ0v) is 37.4. The van der Waals surface area contributed by atoms with Crippen LogP contribution in [0, 0.1) is 6.92 Å². The minimum Gasteiger partial charge on any atom is -0.355 e. The molecule has 1 radical (unpaired) electrons. The van der Waals surface area contributed by atoms with E-state index >= 15 is 0 Å². The summed E-state index contributed by atoms with van der Waals surface area (Å²) in [6.45, 7) is 12.0. The maximum absolute atomic E-state index is 3.94. The highest BCUT2D eigenvalue weighted by molar-refractivity contribution is 6.73. The Kier molecular flexibility index (Phi) is 9.69. The Hall–Kier alpha value is -7.10. The molecule has 0 fully saturated rings. The quantitative estimate of drug-likeness (QED) is 0.161. The highest BCUT2D eigenvalue weighted by Gasteiger charge is 2.40. The van der Waals surface area contributed by atoms with Crippen molar-refractivity contribution >= 4 is 57.4 Å². The van der Waals surface area contributed by atoms with Crippen LogP contribution in [0.25, 0.3) is 55.3 Å². The highest BCUT2D eigenvalue weighted by Crippen LogP contribution is 2.50. The highest BCUT2D eigenvalue weighted by atomic mass is 15.2. The van der Waals surface area contributed by atoms with E-state index in [1.54, 1.807) is 0 Å². The topological polar surface area (TPSA) is 15.3 Å². The zero-order chi connectivity index (χ0) is 43.6. The first-order valence-corrected chi connectivity index (χ1v) is 22.8. The Morgan fingerprint density at radius 3 is 1.69 bits per heavy atom. The summed E-state index contributed by atoms with van der Waals surface area (Å²) in [5.74, 6) is 0. The fraction of sp³-hybridized carbons (Fsp3) is 0.148. The lowest BCUT2D eigenvalue weighted by molar-refractivity contribution is 0.332. The van der Waals surface area contributed by atoms with Gasteiger partial charge in [0, 0.05) is 34.0 Å². The molecule has 2 nitrogen and oxygen atoms in total. The maximum Gasteiger partial charge on any atom is 0.197 e. The third kappa shape index (κ3) is 7.01. The molecule has 0 aromatic heterocycles. The fourth-order valence-electron chi connectivity index (χ4n) is 10.3. The van der Waals surface area contributed by atoms with Gasteiger partial charge in [-0.15, -0.1) is 0 Å². The Bertz CT molecular complexity index is 3200. The number of hydrogen-bond acceptors (Lipinski definition) is 2. The average molecular weight is 824 g/mol. The van der Waals surface area contributed by atoms with Crippen molar-refractivity contribution in [2.24, 2.45) is 0 Å². The van der Waals surface area contributed by atoms with Crippen LogP contribution in [0.5, 0.6) is 0 Å². The summed E-state index contributed by atoms with van der Waals surface area (Å²) in [4.78, 5) is 2.60. The molecule has 1 N–H and O–H groups in total. The Morgan fingerprint density at radius 1 is 0.469 bits per heavy atom. The summed E-state index contributed by atoms with van der Waals surface area (Å²) in [6.07, 6.45) is 2.32. The van der Waals surface area contributed by atoms with Crippen LogP contribution in [0.3, 0.4) is 0 Å². The van der Waals surface area contributed by atoms with Crippen LogP contribution in [0.2, 0.25) is 0 Å². The number of hydrogen-bond donors (Lipinski definition) is 1. The largest absolute Gasteiger partial charge is 0.355 e. The zero-order valence-electron chi connectivity index (χ0n) is 37.4. The van der Waals surface area contributed by atoms with Gasteiger partial charge < -0.3 is 10.2 Å². The van der Waals surface area contributed by atoms with Crippen molar-refractivity contribution in [3.8, 4) is 44.5 Å². The van der Waals surface area contributed by atoms with Crippen molar-refractivity contribution in [3.63, 3.8) is 0 Å². The number of fused-ring (bicyclic) bond motifs is 4. The van der Waals surface area contributed by atoms with Gasteiger partial charge in [0.1, 0.15) is 0 Å². The average Bonchev–Trinajstić information content (AvgIpc) is 3.33. The van der Waals surface area contributed by atoms with Crippen molar-refractivity contribution in [2.45, 2.75) is 58.3 Å². The van der Waals surface area contributed by atoms with E-state index in [0.717, 1.165) is 24.2 Å². The molecule has 9 aromatic rings. The van der Waals surface area contributed by atoms with Gasteiger partial charge in [-0.05, 0) is 145 Å². The van der Waals surface area contributed by atoms with Crippen molar-refractivity contribution < 1.29 is 0 Å². The molecule has 0 amide bonds. The summed E-state index contributed by atoms with van der Waals surface area (Å²) >= 11 is 0. The summed E-state index contributed by atoms with van der Waals surface area (Å²) in [6, 6.07) is 71.5. The van der Waals surface area contributed by atoms with E-state index in [1.807, 2.05) is 0 Å². The number of nitrogens with one attached hydrogen (secondary N) is 1. The minimum absolute atomic E-state index is 0.0482. The molecule has 3 heteroatoms. The minimum atomic E-state index is 0.0482. The van der Waals surface area contributed by atoms with E-state index in [9.17, 15) is 0 Å². The molecule has 0 saturated carbocycles. The number of benzene rings is 9. The summed E-state index contributed by atoms with van der Waals surface area (Å²) in [5.41, 5.74) is 22.0. The molecule has 309 valence electrons. The van der Waals surface area contributed by atoms with E-state index in [-0.39, 0.29) is 10.8 Å². The van der Waals surface area contributed by atoms with Crippen LogP contribution < -0.4 is 21.1 Å². The molecule has 0 bridgehead atoms. The van der Waals surface area contributed by atoms with Crippen LogP contribution in [-0.4, -0.2) is 7.28 Å². The second-order valence-electron chi connectivity index (χ2n) is 19.2. The Labute approximate surface area is 379 Å². The van der Waals surface area contributed by atoms with Crippen LogP contribution in [0.1, 0.15) is 57.2 Å². The van der Waals surface area contributed by atoms with Crippen LogP contribution in [0.4, 0.5) is 28.4 Å². The Balaban J connectivity index is 1.19. The molecular weight excluding hydrogens is 771 g/mol. The van der Waals surface area contributed by atoms with Gasteiger partial charge in [0.15, 0.2) is 7.28 Å². The fourth-order valence-corrected chi connectivity index (χ4v) is 10.3. The van der Waals surface area contributed by atoms with Crippen LogP contribution in [0.15, 0.2) is 194 Å². The number of rotatable bonds is 7. The van der Waals surface area contributed by atoms with Gasteiger partial charge in [-0.25, -0.2) is 0 Å².